The molecule has 0 spiro atoms. The fourth-order valence-electron chi connectivity index (χ4n) is 6.59. The van der Waals surface area contributed by atoms with Gasteiger partial charge in [0.05, 0.1) is 40.2 Å². The van der Waals surface area contributed by atoms with Crippen molar-refractivity contribution in [3.63, 3.8) is 0 Å². The van der Waals surface area contributed by atoms with Crippen LogP contribution in [-0.4, -0.2) is 73.4 Å². The second kappa shape index (κ2) is 13.0. The predicted molar refractivity (Wildman–Crippen MR) is 192 cm³/mol. The third-order valence-electron chi connectivity index (χ3n) is 9.31. The Morgan fingerprint density at radius 2 is 1.54 bits per heavy atom. The van der Waals surface area contributed by atoms with Crippen LogP contribution in [-0.2, 0) is 31.1 Å². The standard InChI is InChI=1S/C37H34N4O7S2/c1-48-37(43)27-14-12-25(13-15-27)30-20-31-32-21-34(26-10-8-24(9-11-26)23-40-18-16-28(17-19-40)49(2,44)45)41(35(32)38-22-33(31)39-36(30)42)50(46,47)29-6-4-3-5-7-29/h3-15,20-22,28H,16-19,23H2,1-2H3,(H,39,42). The topological polar surface area (TPSA) is 148 Å². The highest BCUT2D eigenvalue weighted by Crippen LogP contribution is 2.35. The third-order valence-corrected chi connectivity index (χ3v) is 12.7. The highest BCUT2D eigenvalue weighted by Gasteiger charge is 2.28. The summed E-state index contributed by atoms with van der Waals surface area (Å²) in [6.07, 6.45) is 3.95. The van der Waals surface area contributed by atoms with E-state index in [2.05, 4.69) is 14.9 Å². The molecule has 0 aliphatic carbocycles. The number of ether oxygens (including phenoxy) is 1. The molecule has 4 heterocycles. The number of hydrogen-bond acceptors (Lipinski definition) is 9. The zero-order chi connectivity index (χ0) is 35.2. The number of aromatic nitrogens is 3. The summed E-state index contributed by atoms with van der Waals surface area (Å²) in [6, 6.07) is 25.8. The highest BCUT2D eigenvalue weighted by atomic mass is 32.2. The Bertz CT molecular complexity index is 2520. The minimum absolute atomic E-state index is 0.0996. The molecule has 0 unspecified atom stereocenters. The molecule has 1 aliphatic heterocycles. The predicted octanol–water partition coefficient (Wildman–Crippen LogP) is 5.24. The number of pyridine rings is 2. The summed E-state index contributed by atoms with van der Waals surface area (Å²) in [7, 11) is -5.89. The second-order valence-corrected chi connectivity index (χ2v) is 16.6. The van der Waals surface area contributed by atoms with E-state index in [0.29, 0.717) is 76.7 Å². The smallest absolute Gasteiger partial charge is 0.337 e. The van der Waals surface area contributed by atoms with Crippen molar-refractivity contribution in [1.29, 1.82) is 0 Å². The lowest BCUT2D eigenvalue weighted by atomic mass is 10.0. The first-order valence-electron chi connectivity index (χ1n) is 16.0. The number of nitrogens with zero attached hydrogens (tertiary/aromatic N) is 3. The molecule has 1 saturated heterocycles. The molecular formula is C37H34N4O7S2. The van der Waals surface area contributed by atoms with E-state index in [4.69, 9.17) is 4.74 Å². The number of piperidine rings is 1. The van der Waals surface area contributed by atoms with Gasteiger partial charge in [-0.1, -0.05) is 54.6 Å². The molecule has 3 aromatic carbocycles. The van der Waals surface area contributed by atoms with Gasteiger partial charge in [0, 0.05) is 29.1 Å². The van der Waals surface area contributed by atoms with Crippen molar-refractivity contribution in [2.75, 3.05) is 26.5 Å². The van der Waals surface area contributed by atoms with Crippen LogP contribution in [0.1, 0.15) is 28.8 Å². The Morgan fingerprint density at radius 3 is 2.18 bits per heavy atom. The van der Waals surface area contributed by atoms with Gasteiger partial charge in [0.1, 0.15) is 9.84 Å². The van der Waals surface area contributed by atoms with E-state index in [1.165, 1.54) is 35.7 Å². The lowest BCUT2D eigenvalue weighted by Crippen LogP contribution is -2.38. The van der Waals surface area contributed by atoms with Gasteiger partial charge < -0.3 is 9.72 Å². The van der Waals surface area contributed by atoms with Crippen molar-refractivity contribution >= 4 is 47.8 Å². The number of carbonyl (C=O) groups excluding carboxylic acids is 1. The lowest BCUT2D eigenvalue weighted by Gasteiger charge is -2.31. The van der Waals surface area contributed by atoms with Crippen LogP contribution in [0.2, 0.25) is 0 Å². The van der Waals surface area contributed by atoms with Crippen LogP contribution in [0.3, 0.4) is 0 Å². The molecule has 11 nitrogen and oxygen atoms in total. The lowest BCUT2D eigenvalue weighted by molar-refractivity contribution is 0.0600. The molecule has 256 valence electrons. The number of carbonyl (C=O) groups is 1. The summed E-state index contributed by atoms with van der Waals surface area (Å²) < 4.78 is 58.6. The number of esters is 1. The van der Waals surface area contributed by atoms with E-state index in [9.17, 15) is 26.4 Å². The molecule has 1 N–H and O–H groups in total. The molecule has 6 aromatic rings. The molecule has 50 heavy (non-hydrogen) atoms. The van der Waals surface area contributed by atoms with Gasteiger partial charge in [-0.15, -0.1) is 0 Å². The van der Waals surface area contributed by atoms with Crippen LogP contribution in [0.4, 0.5) is 0 Å². The fraction of sp³-hybridized carbons (Fsp3) is 0.216. The summed E-state index contributed by atoms with van der Waals surface area (Å²) in [6.45, 7) is 2.01. The molecule has 1 aliphatic rings. The first-order valence-corrected chi connectivity index (χ1v) is 19.4. The molecule has 0 saturated carbocycles. The van der Waals surface area contributed by atoms with Gasteiger partial charge in [0.15, 0.2) is 5.65 Å². The highest BCUT2D eigenvalue weighted by molar-refractivity contribution is 7.91. The molecule has 0 atom stereocenters. The fourth-order valence-corrected chi connectivity index (χ4v) is 9.16. The van der Waals surface area contributed by atoms with Gasteiger partial charge in [-0.2, -0.15) is 0 Å². The summed E-state index contributed by atoms with van der Waals surface area (Å²) in [5.74, 6) is -0.493. The van der Waals surface area contributed by atoms with Crippen LogP contribution < -0.4 is 5.56 Å². The number of rotatable bonds is 8. The number of methoxy groups -OCH3 is 1. The van der Waals surface area contributed by atoms with Crippen LogP contribution in [0.25, 0.3) is 44.3 Å². The molecule has 7 rings (SSSR count). The number of likely N-dealkylation sites (tertiary alicyclic amines) is 1. The van der Waals surface area contributed by atoms with Gasteiger partial charge in [0.25, 0.3) is 15.6 Å². The Balaban J connectivity index is 1.32. The van der Waals surface area contributed by atoms with Crippen molar-refractivity contribution in [1.82, 2.24) is 18.8 Å². The number of sulfone groups is 1. The number of benzene rings is 3. The normalized spacial score (nSPS) is 14.7. The maximum atomic E-state index is 14.3. The minimum Gasteiger partial charge on any atom is -0.465 e. The average Bonchev–Trinajstić information content (AvgIpc) is 3.53. The van der Waals surface area contributed by atoms with Crippen molar-refractivity contribution in [2.45, 2.75) is 29.5 Å². The Kier molecular flexibility index (Phi) is 8.66. The molecule has 0 radical (unpaired) electrons. The SMILES string of the molecule is COC(=O)c1ccc(-c2cc3c(cnc4c3cc(-c3ccc(CN5CCC(S(C)(=O)=O)CC5)cc3)n4S(=O)(=O)c3ccccc3)[nH]c2=O)cc1. The largest absolute Gasteiger partial charge is 0.465 e. The van der Waals surface area contributed by atoms with Crippen LogP contribution >= 0.6 is 0 Å². The summed E-state index contributed by atoms with van der Waals surface area (Å²) in [5, 5.41) is 0.817. The van der Waals surface area contributed by atoms with E-state index in [-0.39, 0.29) is 21.4 Å². The Labute approximate surface area is 289 Å². The summed E-state index contributed by atoms with van der Waals surface area (Å²) in [5.41, 5.74) is 3.60. The van der Waals surface area contributed by atoms with E-state index >= 15 is 0 Å². The van der Waals surface area contributed by atoms with Crippen molar-refractivity contribution < 1.29 is 26.4 Å². The van der Waals surface area contributed by atoms with E-state index in [0.717, 1.165) is 5.56 Å². The van der Waals surface area contributed by atoms with Crippen molar-refractivity contribution in [2.24, 2.45) is 0 Å². The van der Waals surface area contributed by atoms with E-state index < -0.39 is 25.8 Å². The van der Waals surface area contributed by atoms with Crippen LogP contribution in [0.15, 0.2) is 107 Å². The molecule has 13 heteroatoms. The Hall–Kier alpha value is -5.11. The van der Waals surface area contributed by atoms with Crippen molar-refractivity contribution in [3.05, 3.63) is 119 Å². The monoisotopic (exact) mass is 710 g/mol. The maximum Gasteiger partial charge on any atom is 0.337 e. The molecule has 1 fully saturated rings. The summed E-state index contributed by atoms with van der Waals surface area (Å²) in [4.78, 5) is 35.0. The maximum absolute atomic E-state index is 14.3. The Morgan fingerprint density at radius 1 is 0.880 bits per heavy atom. The minimum atomic E-state index is -4.12. The first-order chi connectivity index (χ1) is 23.9. The second-order valence-electron chi connectivity index (χ2n) is 12.5. The summed E-state index contributed by atoms with van der Waals surface area (Å²) >= 11 is 0. The van der Waals surface area contributed by atoms with Gasteiger partial charge in [-0.3, -0.25) is 9.69 Å². The van der Waals surface area contributed by atoms with Gasteiger partial charge >= 0.3 is 5.97 Å². The van der Waals surface area contributed by atoms with Crippen molar-refractivity contribution in [3.8, 4) is 22.4 Å². The first kappa shape index (κ1) is 33.4. The quantitative estimate of drug-likeness (QED) is 0.209. The average molecular weight is 711 g/mol. The third kappa shape index (κ3) is 6.23. The number of hydrogen-bond donors (Lipinski definition) is 1. The van der Waals surface area contributed by atoms with Gasteiger partial charge in [0.2, 0.25) is 0 Å². The van der Waals surface area contributed by atoms with E-state index in [1.54, 1.807) is 54.6 Å². The van der Waals surface area contributed by atoms with E-state index in [1.807, 2.05) is 24.3 Å². The molecular weight excluding hydrogens is 677 g/mol. The van der Waals surface area contributed by atoms with Crippen LogP contribution in [0, 0.1) is 0 Å². The zero-order valence-electron chi connectivity index (χ0n) is 27.4. The number of fused-ring (bicyclic) bond motifs is 3. The van der Waals surface area contributed by atoms with Gasteiger partial charge in [-0.25, -0.2) is 30.6 Å². The van der Waals surface area contributed by atoms with Crippen LogP contribution in [0.5, 0.6) is 0 Å². The van der Waals surface area contributed by atoms with Gasteiger partial charge in [-0.05, 0) is 79.0 Å². The molecule has 0 amide bonds. The molecule has 3 aromatic heterocycles. The molecule has 0 bridgehead atoms. The number of H-pyrrole nitrogens is 1. The zero-order valence-corrected chi connectivity index (χ0v) is 29.0. The number of nitrogens with one attached hydrogen (secondary N) is 1. The number of aromatic amines is 1.